The van der Waals surface area contributed by atoms with E-state index in [1.165, 1.54) is 11.3 Å². The number of phenols is 1. The summed E-state index contributed by atoms with van der Waals surface area (Å²) in [7, 11) is 2.05. The summed E-state index contributed by atoms with van der Waals surface area (Å²) in [6.45, 7) is 0. The number of para-hydroxylation sites is 1. The molecule has 4 N–H and O–H groups in total. The average Bonchev–Trinajstić information content (AvgIpc) is 2.81. The topological polar surface area (TPSA) is 78.6 Å². The normalized spacial score (nSPS) is 16.1. The second kappa shape index (κ2) is 9.54. The summed E-state index contributed by atoms with van der Waals surface area (Å²) in [5.74, 6) is 0.172. The molecule has 1 amide bonds. The van der Waals surface area contributed by atoms with Gasteiger partial charge in [0.2, 0.25) is 5.91 Å². The second-order valence-corrected chi connectivity index (χ2v) is 7.98. The van der Waals surface area contributed by atoms with E-state index in [0.29, 0.717) is 12.1 Å². The van der Waals surface area contributed by atoms with Crippen molar-refractivity contribution in [2.45, 2.75) is 18.4 Å². The number of hydrogen-bond acceptors (Lipinski definition) is 4. The summed E-state index contributed by atoms with van der Waals surface area (Å²) in [5, 5.41) is 12.2. The summed E-state index contributed by atoms with van der Waals surface area (Å²) in [6, 6.07) is 22.2. The Morgan fingerprint density at radius 1 is 1.09 bits per heavy atom. The maximum Gasteiger partial charge on any atom is 0.241 e. The van der Waals surface area contributed by atoms with Crippen LogP contribution in [0, 0.1) is 0 Å². The lowest BCUT2D eigenvalue weighted by Gasteiger charge is -2.26. The van der Waals surface area contributed by atoms with Crippen LogP contribution in [0.15, 0.2) is 91.1 Å². The van der Waals surface area contributed by atoms with Crippen molar-refractivity contribution in [3.63, 3.8) is 0 Å². The van der Waals surface area contributed by atoms with Crippen molar-refractivity contribution in [1.82, 2.24) is 0 Å². The summed E-state index contributed by atoms with van der Waals surface area (Å²) >= 11 is 0. The van der Waals surface area contributed by atoms with Crippen LogP contribution in [0.3, 0.4) is 0 Å². The van der Waals surface area contributed by atoms with Crippen molar-refractivity contribution in [3.8, 4) is 5.75 Å². The highest BCUT2D eigenvalue weighted by atomic mass is 16.3. The van der Waals surface area contributed by atoms with Gasteiger partial charge in [-0.2, -0.15) is 0 Å². The van der Waals surface area contributed by atoms with Crippen LogP contribution in [0.4, 0.5) is 11.4 Å². The number of anilines is 2. The molecule has 5 heteroatoms. The molecule has 0 aliphatic carbocycles. The molecule has 1 heterocycles. The van der Waals surface area contributed by atoms with Crippen LogP contribution in [0.2, 0.25) is 0 Å². The molecular formula is C27H27N3O2. The molecule has 162 valence electrons. The fourth-order valence-electron chi connectivity index (χ4n) is 3.77. The SMILES string of the molecule is CN1C=CC(/C=C/c2ccc(NC(=O)[C@H](N)Cc3ccc(O)cc3)cc2)c2ccccc21. The van der Waals surface area contributed by atoms with E-state index in [9.17, 15) is 9.90 Å². The van der Waals surface area contributed by atoms with Gasteiger partial charge in [-0.3, -0.25) is 4.79 Å². The fraction of sp³-hybridized carbons (Fsp3) is 0.148. The number of phenolic OH excluding ortho intramolecular Hbond substituents is 1. The number of amides is 1. The largest absolute Gasteiger partial charge is 0.508 e. The van der Waals surface area contributed by atoms with Crippen LogP contribution in [0.5, 0.6) is 5.75 Å². The Labute approximate surface area is 188 Å². The third-order valence-electron chi connectivity index (χ3n) is 5.60. The van der Waals surface area contributed by atoms with Gasteiger partial charge in [0.1, 0.15) is 5.75 Å². The number of carbonyl (C=O) groups excluding carboxylic acids is 1. The Bertz CT molecular complexity index is 1130. The molecular weight excluding hydrogens is 398 g/mol. The van der Waals surface area contributed by atoms with E-state index in [4.69, 9.17) is 5.73 Å². The number of rotatable bonds is 6. The number of fused-ring (bicyclic) bond motifs is 1. The Morgan fingerprint density at radius 3 is 2.56 bits per heavy atom. The van der Waals surface area contributed by atoms with Crippen LogP contribution in [-0.2, 0) is 11.2 Å². The average molecular weight is 426 g/mol. The molecule has 0 saturated heterocycles. The number of carbonyl (C=O) groups is 1. The first-order chi connectivity index (χ1) is 15.5. The number of hydrogen-bond donors (Lipinski definition) is 3. The zero-order valence-corrected chi connectivity index (χ0v) is 18.0. The van der Waals surface area contributed by atoms with Gasteiger partial charge in [0, 0.05) is 30.5 Å². The van der Waals surface area contributed by atoms with Gasteiger partial charge < -0.3 is 21.1 Å². The molecule has 2 atom stereocenters. The van der Waals surface area contributed by atoms with Gasteiger partial charge in [0.25, 0.3) is 0 Å². The summed E-state index contributed by atoms with van der Waals surface area (Å²) in [6.07, 6.45) is 8.96. The van der Waals surface area contributed by atoms with E-state index in [-0.39, 0.29) is 17.6 Å². The minimum atomic E-state index is -0.671. The molecule has 3 aromatic carbocycles. The van der Waals surface area contributed by atoms with Crippen molar-refractivity contribution in [1.29, 1.82) is 0 Å². The molecule has 4 rings (SSSR count). The van der Waals surface area contributed by atoms with Crippen LogP contribution < -0.4 is 16.0 Å². The number of allylic oxidation sites excluding steroid dienone is 2. The number of nitrogens with zero attached hydrogens (tertiary/aromatic N) is 1. The van der Waals surface area contributed by atoms with Crippen LogP contribution in [0.1, 0.15) is 22.6 Å². The fourth-order valence-corrected chi connectivity index (χ4v) is 3.77. The Hall–Kier alpha value is -3.83. The number of benzene rings is 3. The van der Waals surface area contributed by atoms with Crippen molar-refractivity contribution in [2.75, 3.05) is 17.3 Å². The molecule has 0 saturated carbocycles. The lowest BCUT2D eigenvalue weighted by Crippen LogP contribution is -2.37. The van der Waals surface area contributed by atoms with E-state index < -0.39 is 6.04 Å². The van der Waals surface area contributed by atoms with E-state index in [1.54, 1.807) is 24.3 Å². The predicted molar refractivity (Wildman–Crippen MR) is 131 cm³/mol. The number of nitrogens with two attached hydrogens (primary N) is 1. The minimum absolute atomic E-state index is 0.192. The van der Waals surface area contributed by atoms with Gasteiger partial charge in [-0.15, -0.1) is 0 Å². The zero-order chi connectivity index (χ0) is 22.5. The first kappa shape index (κ1) is 21.4. The molecule has 32 heavy (non-hydrogen) atoms. The van der Waals surface area contributed by atoms with E-state index in [0.717, 1.165) is 11.1 Å². The van der Waals surface area contributed by atoms with Gasteiger partial charge in [-0.25, -0.2) is 0 Å². The van der Waals surface area contributed by atoms with Crippen molar-refractivity contribution < 1.29 is 9.90 Å². The van der Waals surface area contributed by atoms with E-state index in [1.807, 2.05) is 24.3 Å². The van der Waals surface area contributed by atoms with Gasteiger partial charge in [-0.1, -0.05) is 60.7 Å². The highest BCUT2D eigenvalue weighted by Gasteiger charge is 2.16. The quantitative estimate of drug-likeness (QED) is 0.537. The van der Waals surface area contributed by atoms with Crippen LogP contribution >= 0.6 is 0 Å². The lowest BCUT2D eigenvalue weighted by atomic mass is 9.93. The van der Waals surface area contributed by atoms with E-state index >= 15 is 0 Å². The standard InChI is InChI=1S/C27H27N3O2/c1-30-17-16-21(24-4-2-3-5-26(24)30)11-6-19-7-12-22(13-8-19)29-27(32)25(28)18-20-9-14-23(31)15-10-20/h2-17,21,25,31H,18,28H2,1H3,(H,29,32)/b11-6+/t21?,25-/m1/s1. The molecule has 1 aliphatic rings. The number of nitrogens with one attached hydrogen (secondary N) is 1. The molecule has 3 aromatic rings. The maximum atomic E-state index is 12.4. The summed E-state index contributed by atoms with van der Waals surface area (Å²) in [4.78, 5) is 14.6. The van der Waals surface area contributed by atoms with Crippen molar-refractivity contribution in [3.05, 3.63) is 108 Å². The predicted octanol–water partition coefficient (Wildman–Crippen LogP) is 4.66. The minimum Gasteiger partial charge on any atom is -0.508 e. The van der Waals surface area contributed by atoms with Crippen LogP contribution in [-0.4, -0.2) is 24.1 Å². The molecule has 0 radical (unpaired) electrons. The van der Waals surface area contributed by atoms with E-state index in [2.05, 4.69) is 66.0 Å². The first-order valence-corrected chi connectivity index (χ1v) is 10.6. The summed E-state index contributed by atoms with van der Waals surface area (Å²) in [5.41, 5.74) is 11.2. The lowest BCUT2D eigenvalue weighted by molar-refractivity contribution is -0.117. The maximum absolute atomic E-state index is 12.4. The van der Waals surface area contributed by atoms with Crippen LogP contribution in [0.25, 0.3) is 6.08 Å². The highest BCUT2D eigenvalue weighted by Crippen LogP contribution is 2.33. The van der Waals surface area contributed by atoms with Gasteiger partial charge in [0.05, 0.1) is 6.04 Å². The van der Waals surface area contributed by atoms with Gasteiger partial charge >= 0.3 is 0 Å². The zero-order valence-electron chi connectivity index (χ0n) is 18.0. The monoisotopic (exact) mass is 425 g/mol. The highest BCUT2D eigenvalue weighted by molar-refractivity contribution is 5.94. The molecule has 0 fully saturated rings. The second-order valence-electron chi connectivity index (χ2n) is 7.98. The summed E-state index contributed by atoms with van der Waals surface area (Å²) < 4.78 is 0. The Balaban J connectivity index is 1.36. The smallest absolute Gasteiger partial charge is 0.241 e. The van der Waals surface area contributed by atoms with Crippen molar-refractivity contribution in [2.24, 2.45) is 5.73 Å². The van der Waals surface area contributed by atoms with Crippen molar-refractivity contribution >= 4 is 23.4 Å². The third-order valence-corrected chi connectivity index (χ3v) is 5.60. The molecule has 0 aromatic heterocycles. The Kier molecular flexibility index (Phi) is 6.38. The number of aromatic hydroxyl groups is 1. The molecule has 5 nitrogen and oxygen atoms in total. The van der Waals surface area contributed by atoms with Gasteiger partial charge in [-0.05, 0) is 53.4 Å². The Morgan fingerprint density at radius 2 is 1.81 bits per heavy atom. The molecule has 1 unspecified atom stereocenters. The van der Waals surface area contributed by atoms with Gasteiger partial charge in [0.15, 0.2) is 0 Å². The molecule has 0 spiro atoms. The first-order valence-electron chi connectivity index (χ1n) is 10.6. The third kappa shape index (κ3) is 5.07. The molecule has 1 aliphatic heterocycles. The molecule has 0 bridgehead atoms.